The van der Waals surface area contributed by atoms with Crippen molar-refractivity contribution in [3.8, 4) is 0 Å². The zero-order valence-corrected chi connectivity index (χ0v) is 17.9. The molecule has 0 spiro atoms. The van der Waals surface area contributed by atoms with Crippen molar-refractivity contribution in [2.45, 2.75) is 6.92 Å². The number of amides is 2. The molecule has 5 nitrogen and oxygen atoms in total. The second-order valence-corrected chi connectivity index (χ2v) is 7.55. The van der Waals surface area contributed by atoms with Crippen LogP contribution in [-0.4, -0.2) is 24.7 Å². The molecule has 3 aromatic carbocycles. The minimum Gasteiger partial charge on any atom is -0.316 e. The first kappa shape index (κ1) is 20.6. The van der Waals surface area contributed by atoms with Gasteiger partial charge in [-0.15, -0.1) is 0 Å². The van der Waals surface area contributed by atoms with Crippen molar-refractivity contribution < 1.29 is 9.59 Å². The molecule has 2 amide bonds. The number of benzene rings is 3. The van der Waals surface area contributed by atoms with E-state index in [1.807, 2.05) is 66.7 Å². The van der Waals surface area contributed by atoms with Crippen molar-refractivity contribution in [1.82, 2.24) is 0 Å². The van der Waals surface area contributed by atoms with E-state index in [2.05, 4.69) is 4.99 Å². The number of hydrogen-bond donors (Lipinski definition) is 0. The van der Waals surface area contributed by atoms with Crippen LogP contribution < -0.4 is 9.80 Å². The zero-order valence-electron chi connectivity index (χ0n) is 17.1. The third-order valence-corrected chi connectivity index (χ3v) is 5.29. The van der Waals surface area contributed by atoms with Crippen LogP contribution in [0.5, 0.6) is 0 Å². The summed E-state index contributed by atoms with van der Waals surface area (Å²) in [6.45, 7) is 1.51. The van der Waals surface area contributed by atoms with Crippen molar-refractivity contribution in [2.75, 3.05) is 16.8 Å². The van der Waals surface area contributed by atoms with E-state index in [0.29, 0.717) is 22.2 Å². The highest BCUT2D eigenvalue weighted by Gasteiger charge is 2.32. The van der Waals surface area contributed by atoms with Gasteiger partial charge in [-0.1, -0.05) is 54.1 Å². The molecule has 4 rings (SSSR count). The first-order valence-corrected chi connectivity index (χ1v) is 10.1. The van der Waals surface area contributed by atoms with Crippen LogP contribution in [0.1, 0.15) is 18.1 Å². The maximum atomic E-state index is 13.3. The number of carbonyl (C=O) groups is 2. The summed E-state index contributed by atoms with van der Waals surface area (Å²) in [5.41, 5.74) is 3.43. The molecular weight excluding hydrogens is 410 g/mol. The van der Waals surface area contributed by atoms with Gasteiger partial charge in [0.25, 0.3) is 5.91 Å². The molecule has 6 heteroatoms. The van der Waals surface area contributed by atoms with E-state index in [1.165, 1.54) is 6.92 Å². The summed E-state index contributed by atoms with van der Waals surface area (Å²) in [7, 11) is 1.71. The molecule has 0 bridgehead atoms. The van der Waals surface area contributed by atoms with E-state index in [-0.39, 0.29) is 11.8 Å². The number of halogens is 1. The molecule has 0 aliphatic carbocycles. The van der Waals surface area contributed by atoms with Crippen LogP contribution in [-0.2, 0) is 9.59 Å². The molecule has 0 aromatic heterocycles. The van der Waals surface area contributed by atoms with Crippen molar-refractivity contribution in [2.24, 2.45) is 4.99 Å². The monoisotopic (exact) mass is 429 g/mol. The fraction of sp³-hybridized carbons (Fsp3) is 0.0800. The normalized spacial score (nSPS) is 14.7. The molecule has 0 fully saturated rings. The van der Waals surface area contributed by atoms with E-state index in [9.17, 15) is 9.59 Å². The lowest BCUT2D eigenvalue weighted by Gasteiger charge is -2.20. The predicted octanol–water partition coefficient (Wildman–Crippen LogP) is 5.16. The fourth-order valence-electron chi connectivity index (χ4n) is 3.26. The highest BCUT2D eigenvalue weighted by molar-refractivity contribution is 6.33. The van der Waals surface area contributed by atoms with Crippen molar-refractivity contribution in [3.05, 3.63) is 101 Å². The number of amidine groups is 1. The van der Waals surface area contributed by atoms with E-state index >= 15 is 0 Å². The Hall–Kier alpha value is -3.70. The minimum absolute atomic E-state index is 0.0651. The first-order chi connectivity index (χ1) is 14.9. The fourth-order valence-corrected chi connectivity index (χ4v) is 3.39. The third kappa shape index (κ3) is 4.27. The second-order valence-electron chi connectivity index (χ2n) is 7.12. The Bertz CT molecular complexity index is 1180. The van der Waals surface area contributed by atoms with E-state index < -0.39 is 0 Å². The SMILES string of the molecule is CC(=O)N(C)c1ccc(N2C(=O)/C(=C\c3ccc(Cl)cc3)N=C2c2ccccc2)cc1. The number of anilines is 2. The number of carbonyl (C=O) groups excluding carboxylic acids is 2. The van der Waals surface area contributed by atoms with Gasteiger partial charge in [0.05, 0.1) is 5.69 Å². The summed E-state index contributed by atoms with van der Waals surface area (Å²) in [5, 5.41) is 0.630. The molecule has 0 N–H and O–H groups in total. The van der Waals surface area contributed by atoms with Crippen LogP contribution in [0.3, 0.4) is 0 Å². The van der Waals surface area contributed by atoms with Crippen LogP contribution in [0.15, 0.2) is 89.6 Å². The van der Waals surface area contributed by atoms with Crippen LogP contribution in [0.2, 0.25) is 5.02 Å². The smallest absolute Gasteiger partial charge is 0.282 e. The Kier molecular flexibility index (Phi) is 5.69. The van der Waals surface area contributed by atoms with Gasteiger partial charge in [0.1, 0.15) is 11.5 Å². The maximum absolute atomic E-state index is 13.3. The lowest BCUT2D eigenvalue weighted by atomic mass is 10.1. The third-order valence-electron chi connectivity index (χ3n) is 5.03. The Morgan fingerprint density at radius 1 is 0.968 bits per heavy atom. The lowest BCUT2D eigenvalue weighted by molar-refractivity contribution is -0.116. The molecular formula is C25H20ClN3O2. The van der Waals surface area contributed by atoms with Gasteiger partial charge in [0, 0.05) is 30.2 Å². The minimum atomic E-state index is -0.221. The van der Waals surface area contributed by atoms with Crippen molar-refractivity contribution in [1.29, 1.82) is 0 Å². The summed E-state index contributed by atoms with van der Waals surface area (Å²) in [4.78, 5) is 32.8. The number of aliphatic imine (C=N–C) groups is 1. The molecule has 0 unspecified atom stereocenters. The van der Waals surface area contributed by atoms with Gasteiger partial charge in [-0.25, -0.2) is 4.99 Å². The Morgan fingerprint density at radius 2 is 1.61 bits per heavy atom. The number of rotatable bonds is 4. The molecule has 0 atom stereocenters. The topological polar surface area (TPSA) is 53.0 Å². The lowest BCUT2D eigenvalue weighted by Crippen LogP contribution is -2.32. The molecule has 154 valence electrons. The summed E-state index contributed by atoms with van der Waals surface area (Å²) in [6.07, 6.45) is 1.75. The number of nitrogens with zero attached hydrogens (tertiary/aromatic N) is 3. The van der Waals surface area contributed by atoms with Gasteiger partial charge in [-0.05, 0) is 48.0 Å². The highest BCUT2D eigenvalue weighted by atomic mass is 35.5. The van der Waals surface area contributed by atoms with E-state index in [4.69, 9.17) is 11.6 Å². The summed E-state index contributed by atoms with van der Waals surface area (Å²) in [6, 6.07) is 24.1. The first-order valence-electron chi connectivity index (χ1n) is 9.74. The van der Waals surface area contributed by atoms with Crippen LogP contribution >= 0.6 is 11.6 Å². The summed E-state index contributed by atoms with van der Waals surface area (Å²) in [5.74, 6) is 0.268. The Balaban J connectivity index is 1.75. The molecule has 0 saturated carbocycles. The number of hydrogen-bond acceptors (Lipinski definition) is 3. The van der Waals surface area contributed by atoms with Gasteiger partial charge >= 0.3 is 0 Å². The Labute approximate surface area is 185 Å². The van der Waals surface area contributed by atoms with E-state index in [0.717, 1.165) is 16.8 Å². The average molecular weight is 430 g/mol. The van der Waals surface area contributed by atoms with Gasteiger partial charge in [0.15, 0.2) is 0 Å². The standard InChI is InChI=1S/C25H20ClN3O2/c1-17(30)28(2)21-12-14-22(15-13-21)29-24(19-6-4-3-5-7-19)27-23(25(29)31)16-18-8-10-20(26)11-9-18/h3-16H,1-2H3/b23-16+. The van der Waals surface area contributed by atoms with Crippen LogP contribution in [0.25, 0.3) is 6.08 Å². The quantitative estimate of drug-likeness (QED) is 0.538. The van der Waals surface area contributed by atoms with Crippen LogP contribution in [0, 0.1) is 0 Å². The van der Waals surface area contributed by atoms with Gasteiger partial charge in [-0.3, -0.25) is 14.5 Å². The van der Waals surface area contributed by atoms with E-state index in [1.54, 1.807) is 35.1 Å². The Morgan fingerprint density at radius 3 is 2.23 bits per heavy atom. The molecule has 3 aromatic rings. The summed E-state index contributed by atoms with van der Waals surface area (Å²) < 4.78 is 0. The predicted molar refractivity (Wildman–Crippen MR) is 125 cm³/mol. The molecule has 1 heterocycles. The zero-order chi connectivity index (χ0) is 22.0. The summed E-state index contributed by atoms with van der Waals surface area (Å²) >= 11 is 5.97. The van der Waals surface area contributed by atoms with Gasteiger partial charge in [-0.2, -0.15) is 0 Å². The second kappa shape index (κ2) is 8.58. The molecule has 1 aliphatic heterocycles. The average Bonchev–Trinajstić information content (AvgIpc) is 3.11. The van der Waals surface area contributed by atoms with Gasteiger partial charge < -0.3 is 4.90 Å². The maximum Gasteiger partial charge on any atom is 0.282 e. The largest absolute Gasteiger partial charge is 0.316 e. The van der Waals surface area contributed by atoms with Crippen molar-refractivity contribution >= 4 is 46.7 Å². The molecule has 0 radical (unpaired) electrons. The molecule has 31 heavy (non-hydrogen) atoms. The highest BCUT2D eigenvalue weighted by Crippen LogP contribution is 2.29. The van der Waals surface area contributed by atoms with Crippen molar-refractivity contribution in [3.63, 3.8) is 0 Å². The van der Waals surface area contributed by atoms with Crippen LogP contribution in [0.4, 0.5) is 11.4 Å². The molecule has 0 saturated heterocycles. The molecule has 1 aliphatic rings. The van der Waals surface area contributed by atoms with Gasteiger partial charge in [0.2, 0.25) is 5.91 Å².